The van der Waals surface area contributed by atoms with Gasteiger partial charge in [-0.1, -0.05) is 18.2 Å². The topological polar surface area (TPSA) is 90.7 Å². The van der Waals surface area contributed by atoms with Crippen molar-refractivity contribution in [3.8, 4) is 11.5 Å². The predicted molar refractivity (Wildman–Crippen MR) is 103 cm³/mol. The Hall–Kier alpha value is -3.80. The van der Waals surface area contributed by atoms with Crippen LogP contribution < -0.4 is 15.8 Å². The molecule has 0 heterocycles. The molecule has 27 heavy (non-hydrogen) atoms. The van der Waals surface area contributed by atoms with Gasteiger partial charge < -0.3 is 20.5 Å². The fourth-order valence-corrected chi connectivity index (χ4v) is 2.43. The lowest BCUT2D eigenvalue weighted by atomic mass is 10.1. The van der Waals surface area contributed by atoms with E-state index >= 15 is 0 Å². The van der Waals surface area contributed by atoms with E-state index in [1.807, 2.05) is 30.3 Å². The highest BCUT2D eigenvalue weighted by molar-refractivity contribution is 6.06. The number of methoxy groups -OCH3 is 1. The Bertz CT molecular complexity index is 954. The van der Waals surface area contributed by atoms with Crippen LogP contribution >= 0.6 is 0 Å². The number of amides is 1. The summed E-state index contributed by atoms with van der Waals surface area (Å²) in [6.07, 6.45) is 0. The normalized spacial score (nSPS) is 10.1. The van der Waals surface area contributed by atoms with Gasteiger partial charge in [0.2, 0.25) is 0 Å². The molecule has 136 valence electrons. The number of hydrogen-bond donors (Lipinski definition) is 2. The van der Waals surface area contributed by atoms with Crippen LogP contribution in [-0.2, 0) is 4.74 Å². The number of nitrogen functional groups attached to an aromatic ring is 1. The summed E-state index contributed by atoms with van der Waals surface area (Å²) in [6, 6.07) is 20.8. The van der Waals surface area contributed by atoms with Crippen molar-refractivity contribution in [2.75, 3.05) is 18.2 Å². The molecule has 1 amide bonds. The second-order valence-electron chi connectivity index (χ2n) is 5.69. The van der Waals surface area contributed by atoms with Crippen molar-refractivity contribution < 1.29 is 19.1 Å². The maximum Gasteiger partial charge on any atom is 0.339 e. The molecule has 0 aromatic heterocycles. The van der Waals surface area contributed by atoms with E-state index in [4.69, 9.17) is 10.5 Å². The lowest BCUT2D eigenvalue weighted by molar-refractivity contribution is 0.0601. The molecule has 0 unspecified atom stereocenters. The van der Waals surface area contributed by atoms with Gasteiger partial charge in [-0.3, -0.25) is 4.79 Å². The number of hydrogen-bond acceptors (Lipinski definition) is 5. The number of para-hydroxylation sites is 1. The van der Waals surface area contributed by atoms with Gasteiger partial charge in [0.15, 0.2) is 0 Å². The molecule has 3 rings (SSSR count). The van der Waals surface area contributed by atoms with Gasteiger partial charge in [0.1, 0.15) is 11.5 Å². The van der Waals surface area contributed by atoms with E-state index in [0.29, 0.717) is 17.0 Å². The molecule has 0 saturated carbocycles. The van der Waals surface area contributed by atoms with Crippen molar-refractivity contribution in [3.05, 3.63) is 83.9 Å². The Kier molecular flexibility index (Phi) is 5.37. The van der Waals surface area contributed by atoms with Crippen LogP contribution in [0.2, 0.25) is 0 Å². The van der Waals surface area contributed by atoms with Gasteiger partial charge >= 0.3 is 5.97 Å². The van der Waals surface area contributed by atoms with Gasteiger partial charge in [-0.05, 0) is 54.6 Å². The molecule has 6 heteroatoms. The SMILES string of the molecule is COC(=O)c1ccc(C(=O)Nc2ccc(Oc3ccccc3)cc2)cc1N. The zero-order valence-electron chi connectivity index (χ0n) is 14.6. The molecule has 0 aliphatic rings. The summed E-state index contributed by atoms with van der Waals surface area (Å²) in [5, 5.41) is 2.77. The van der Waals surface area contributed by atoms with Gasteiger partial charge in [-0.25, -0.2) is 4.79 Å². The first-order valence-corrected chi connectivity index (χ1v) is 8.19. The Morgan fingerprint density at radius 2 is 1.56 bits per heavy atom. The van der Waals surface area contributed by atoms with Gasteiger partial charge in [0, 0.05) is 16.9 Å². The maximum absolute atomic E-state index is 12.4. The van der Waals surface area contributed by atoms with E-state index in [-0.39, 0.29) is 17.2 Å². The number of anilines is 2. The summed E-state index contributed by atoms with van der Waals surface area (Å²) in [4.78, 5) is 23.9. The maximum atomic E-state index is 12.4. The molecular weight excluding hydrogens is 344 g/mol. The Morgan fingerprint density at radius 1 is 0.889 bits per heavy atom. The first kappa shape index (κ1) is 18.0. The number of carbonyl (C=O) groups excluding carboxylic acids is 2. The molecule has 0 fully saturated rings. The van der Waals surface area contributed by atoms with Gasteiger partial charge in [0.25, 0.3) is 5.91 Å². The Labute approximate surface area is 156 Å². The average molecular weight is 362 g/mol. The highest BCUT2D eigenvalue weighted by Gasteiger charge is 2.13. The fourth-order valence-electron chi connectivity index (χ4n) is 2.43. The summed E-state index contributed by atoms with van der Waals surface area (Å²) in [5.41, 5.74) is 7.17. The van der Waals surface area contributed by atoms with Crippen LogP contribution in [0.15, 0.2) is 72.8 Å². The van der Waals surface area contributed by atoms with E-state index in [2.05, 4.69) is 10.1 Å². The first-order chi connectivity index (χ1) is 13.1. The molecule has 6 nitrogen and oxygen atoms in total. The number of nitrogens with two attached hydrogens (primary N) is 1. The van der Waals surface area contributed by atoms with Gasteiger partial charge in [-0.2, -0.15) is 0 Å². The minimum absolute atomic E-state index is 0.182. The van der Waals surface area contributed by atoms with Crippen molar-refractivity contribution in [2.45, 2.75) is 0 Å². The third-order valence-electron chi connectivity index (χ3n) is 3.81. The number of benzene rings is 3. The summed E-state index contributed by atoms with van der Waals surface area (Å²) < 4.78 is 10.3. The molecule has 0 radical (unpaired) electrons. The van der Waals surface area contributed by atoms with Crippen molar-refractivity contribution >= 4 is 23.3 Å². The molecule has 0 saturated heterocycles. The van der Waals surface area contributed by atoms with Crippen molar-refractivity contribution in [3.63, 3.8) is 0 Å². The fraction of sp³-hybridized carbons (Fsp3) is 0.0476. The number of rotatable bonds is 5. The van der Waals surface area contributed by atoms with E-state index < -0.39 is 5.97 Å². The average Bonchev–Trinajstić information content (AvgIpc) is 2.69. The monoisotopic (exact) mass is 362 g/mol. The lowest BCUT2D eigenvalue weighted by Gasteiger charge is -2.09. The highest BCUT2D eigenvalue weighted by Crippen LogP contribution is 2.23. The molecule has 0 aliphatic heterocycles. The second-order valence-corrected chi connectivity index (χ2v) is 5.69. The summed E-state index contributed by atoms with van der Waals surface area (Å²) >= 11 is 0. The zero-order valence-corrected chi connectivity index (χ0v) is 14.6. The quantitative estimate of drug-likeness (QED) is 0.527. The number of carbonyl (C=O) groups is 2. The van der Waals surface area contributed by atoms with E-state index in [9.17, 15) is 9.59 Å². The second kappa shape index (κ2) is 8.05. The molecule has 0 aliphatic carbocycles. The number of ether oxygens (including phenoxy) is 2. The van der Waals surface area contributed by atoms with Crippen molar-refractivity contribution in [1.29, 1.82) is 0 Å². The van der Waals surface area contributed by atoms with Crippen LogP contribution in [0.1, 0.15) is 20.7 Å². The molecule has 0 spiro atoms. The molecule has 0 bridgehead atoms. The molecule has 3 N–H and O–H groups in total. The lowest BCUT2D eigenvalue weighted by Crippen LogP contribution is -2.13. The van der Waals surface area contributed by atoms with E-state index in [0.717, 1.165) is 5.75 Å². The van der Waals surface area contributed by atoms with Crippen LogP contribution in [0.5, 0.6) is 11.5 Å². The third kappa shape index (κ3) is 4.43. The minimum atomic E-state index is -0.548. The Morgan fingerprint density at radius 3 is 2.19 bits per heavy atom. The highest BCUT2D eigenvalue weighted by atomic mass is 16.5. The summed E-state index contributed by atoms with van der Waals surface area (Å²) in [5.74, 6) is 0.504. The van der Waals surface area contributed by atoms with Crippen LogP contribution in [0, 0.1) is 0 Å². The zero-order chi connectivity index (χ0) is 19.2. The molecule has 0 atom stereocenters. The van der Waals surface area contributed by atoms with Crippen molar-refractivity contribution in [2.24, 2.45) is 0 Å². The third-order valence-corrected chi connectivity index (χ3v) is 3.81. The largest absolute Gasteiger partial charge is 0.465 e. The number of nitrogens with one attached hydrogen (secondary N) is 1. The van der Waals surface area contributed by atoms with Gasteiger partial charge in [-0.15, -0.1) is 0 Å². The van der Waals surface area contributed by atoms with Crippen molar-refractivity contribution in [1.82, 2.24) is 0 Å². The van der Waals surface area contributed by atoms with Crippen LogP contribution in [0.4, 0.5) is 11.4 Å². The van der Waals surface area contributed by atoms with Crippen LogP contribution in [0.3, 0.4) is 0 Å². The Balaban J connectivity index is 1.67. The smallest absolute Gasteiger partial charge is 0.339 e. The molecule has 3 aromatic carbocycles. The number of esters is 1. The van der Waals surface area contributed by atoms with Gasteiger partial charge in [0.05, 0.1) is 12.7 Å². The van der Waals surface area contributed by atoms with Crippen LogP contribution in [0.25, 0.3) is 0 Å². The first-order valence-electron chi connectivity index (χ1n) is 8.19. The van der Waals surface area contributed by atoms with E-state index in [1.165, 1.54) is 25.3 Å². The standard InChI is InChI=1S/C21H18N2O4/c1-26-21(25)18-12-7-14(13-19(18)22)20(24)23-15-8-10-17(11-9-15)27-16-5-3-2-4-6-16/h2-13H,22H2,1H3,(H,23,24). The van der Waals surface area contributed by atoms with Crippen LogP contribution in [-0.4, -0.2) is 19.0 Å². The summed E-state index contributed by atoms with van der Waals surface area (Å²) in [7, 11) is 1.27. The summed E-state index contributed by atoms with van der Waals surface area (Å²) in [6.45, 7) is 0. The molecule has 3 aromatic rings. The predicted octanol–water partition coefficient (Wildman–Crippen LogP) is 4.10. The van der Waals surface area contributed by atoms with E-state index in [1.54, 1.807) is 24.3 Å². The molecular formula is C21H18N2O4. The minimum Gasteiger partial charge on any atom is -0.465 e.